The Balaban J connectivity index is 1.88. The number of benzene rings is 2. The van der Waals surface area contributed by atoms with Gasteiger partial charge in [-0.05, 0) is 36.5 Å². The molecule has 0 amide bonds. The van der Waals surface area contributed by atoms with Gasteiger partial charge in [-0.15, -0.1) is 0 Å². The van der Waals surface area contributed by atoms with E-state index in [1.165, 1.54) is 11.1 Å². The highest BCUT2D eigenvalue weighted by molar-refractivity contribution is 5.41. The molecule has 0 aliphatic carbocycles. The minimum Gasteiger partial charge on any atom is -0.493 e. The lowest BCUT2D eigenvalue weighted by atomic mass is 9.97. The van der Waals surface area contributed by atoms with E-state index in [0.717, 1.165) is 37.2 Å². The van der Waals surface area contributed by atoms with E-state index in [1.54, 1.807) is 0 Å². The molecule has 19 heavy (non-hydrogen) atoms. The van der Waals surface area contributed by atoms with Gasteiger partial charge in [0.1, 0.15) is 5.75 Å². The molecule has 1 heterocycles. The smallest absolute Gasteiger partial charge is 0.124 e. The second-order valence-corrected chi connectivity index (χ2v) is 5.13. The van der Waals surface area contributed by atoms with Gasteiger partial charge in [-0.1, -0.05) is 42.5 Å². The molecular weight excluding hydrogens is 234 g/mol. The SMILES string of the molecule is N[C@@H]1CCCOc2ccc(Cc3ccccc3)cc21. The minimum absolute atomic E-state index is 0.105. The second-order valence-electron chi connectivity index (χ2n) is 5.13. The summed E-state index contributed by atoms with van der Waals surface area (Å²) in [6.07, 6.45) is 2.98. The summed E-state index contributed by atoms with van der Waals surface area (Å²) < 4.78 is 5.74. The van der Waals surface area contributed by atoms with Crippen LogP contribution in [0.2, 0.25) is 0 Å². The van der Waals surface area contributed by atoms with Crippen molar-refractivity contribution in [1.29, 1.82) is 0 Å². The van der Waals surface area contributed by atoms with Crippen LogP contribution in [0.25, 0.3) is 0 Å². The average Bonchev–Trinajstić information content (AvgIpc) is 2.62. The summed E-state index contributed by atoms with van der Waals surface area (Å²) in [5, 5.41) is 0. The molecule has 0 unspecified atom stereocenters. The molecule has 0 saturated heterocycles. The Labute approximate surface area is 114 Å². The summed E-state index contributed by atoms with van der Waals surface area (Å²) in [6.45, 7) is 0.777. The standard InChI is InChI=1S/C17H19NO/c18-16-7-4-10-19-17-9-8-14(12-15(16)17)11-13-5-2-1-3-6-13/h1-3,5-6,8-9,12,16H,4,7,10-11,18H2/t16-/m1/s1. The van der Waals surface area contributed by atoms with E-state index in [0.29, 0.717) is 0 Å². The van der Waals surface area contributed by atoms with Gasteiger partial charge < -0.3 is 10.5 Å². The Bertz CT molecular complexity index is 550. The van der Waals surface area contributed by atoms with E-state index in [2.05, 4.69) is 42.5 Å². The van der Waals surface area contributed by atoms with Crippen molar-refractivity contribution < 1.29 is 4.74 Å². The second kappa shape index (κ2) is 5.45. The van der Waals surface area contributed by atoms with Gasteiger partial charge in [0.25, 0.3) is 0 Å². The lowest BCUT2D eigenvalue weighted by Crippen LogP contribution is -2.09. The Hall–Kier alpha value is -1.80. The number of rotatable bonds is 2. The maximum Gasteiger partial charge on any atom is 0.124 e. The third kappa shape index (κ3) is 2.79. The van der Waals surface area contributed by atoms with Crippen molar-refractivity contribution in [3.63, 3.8) is 0 Å². The highest BCUT2D eigenvalue weighted by atomic mass is 16.5. The van der Waals surface area contributed by atoms with E-state index in [-0.39, 0.29) is 6.04 Å². The van der Waals surface area contributed by atoms with Crippen LogP contribution in [-0.4, -0.2) is 6.61 Å². The first-order chi connectivity index (χ1) is 9.33. The molecule has 0 aromatic heterocycles. The number of hydrogen-bond donors (Lipinski definition) is 1. The first kappa shape index (κ1) is 12.2. The fourth-order valence-electron chi connectivity index (χ4n) is 2.60. The van der Waals surface area contributed by atoms with Crippen molar-refractivity contribution in [3.05, 3.63) is 65.2 Å². The molecule has 1 atom stereocenters. The molecule has 2 aromatic rings. The van der Waals surface area contributed by atoms with Crippen LogP contribution in [0.4, 0.5) is 0 Å². The van der Waals surface area contributed by atoms with Crippen LogP contribution < -0.4 is 10.5 Å². The van der Waals surface area contributed by atoms with Crippen LogP contribution in [0.1, 0.15) is 35.6 Å². The molecule has 2 aromatic carbocycles. The summed E-state index contributed by atoms with van der Waals surface area (Å²) in [7, 11) is 0. The van der Waals surface area contributed by atoms with Crippen molar-refractivity contribution in [1.82, 2.24) is 0 Å². The topological polar surface area (TPSA) is 35.2 Å². The first-order valence-corrected chi connectivity index (χ1v) is 6.88. The molecule has 2 nitrogen and oxygen atoms in total. The molecule has 0 radical (unpaired) electrons. The van der Waals surface area contributed by atoms with Gasteiger partial charge in [-0.25, -0.2) is 0 Å². The van der Waals surface area contributed by atoms with E-state index >= 15 is 0 Å². The molecule has 3 rings (SSSR count). The third-order valence-corrected chi connectivity index (χ3v) is 3.64. The van der Waals surface area contributed by atoms with E-state index in [1.807, 2.05) is 6.07 Å². The molecule has 2 N–H and O–H groups in total. The van der Waals surface area contributed by atoms with Gasteiger partial charge in [0.15, 0.2) is 0 Å². The predicted octanol–water partition coefficient (Wildman–Crippen LogP) is 3.45. The van der Waals surface area contributed by atoms with Gasteiger partial charge in [-0.2, -0.15) is 0 Å². The van der Waals surface area contributed by atoms with Gasteiger partial charge in [-0.3, -0.25) is 0 Å². The van der Waals surface area contributed by atoms with Crippen LogP contribution in [0, 0.1) is 0 Å². The maximum atomic E-state index is 6.23. The van der Waals surface area contributed by atoms with E-state index in [9.17, 15) is 0 Å². The summed E-state index contributed by atoms with van der Waals surface area (Å²) >= 11 is 0. The van der Waals surface area contributed by atoms with Crippen LogP contribution in [0.3, 0.4) is 0 Å². The summed E-state index contributed by atoms with van der Waals surface area (Å²) in [5.41, 5.74) is 10.0. The van der Waals surface area contributed by atoms with Crippen LogP contribution in [0.5, 0.6) is 5.75 Å². The van der Waals surface area contributed by atoms with Crippen molar-refractivity contribution >= 4 is 0 Å². The first-order valence-electron chi connectivity index (χ1n) is 6.88. The van der Waals surface area contributed by atoms with E-state index < -0.39 is 0 Å². The zero-order valence-corrected chi connectivity index (χ0v) is 11.0. The predicted molar refractivity (Wildman–Crippen MR) is 77.3 cm³/mol. The number of hydrogen-bond acceptors (Lipinski definition) is 2. The number of fused-ring (bicyclic) bond motifs is 1. The van der Waals surface area contributed by atoms with Crippen molar-refractivity contribution in [2.45, 2.75) is 25.3 Å². The normalized spacial score (nSPS) is 18.3. The number of ether oxygens (including phenoxy) is 1. The van der Waals surface area contributed by atoms with Gasteiger partial charge in [0.05, 0.1) is 6.61 Å². The highest BCUT2D eigenvalue weighted by Crippen LogP contribution is 2.31. The van der Waals surface area contributed by atoms with E-state index in [4.69, 9.17) is 10.5 Å². The lowest BCUT2D eigenvalue weighted by molar-refractivity contribution is 0.316. The zero-order chi connectivity index (χ0) is 13.1. The van der Waals surface area contributed by atoms with Gasteiger partial charge in [0.2, 0.25) is 0 Å². The Morgan fingerprint density at radius 2 is 1.89 bits per heavy atom. The molecule has 0 spiro atoms. The van der Waals surface area contributed by atoms with Gasteiger partial charge >= 0.3 is 0 Å². The largest absolute Gasteiger partial charge is 0.493 e. The summed E-state index contributed by atoms with van der Waals surface area (Å²) in [4.78, 5) is 0. The maximum absolute atomic E-state index is 6.23. The number of nitrogens with two attached hydrogens (primary N) is 1. The Morgan fingerprint density at radius 1 is 1.05 bits per heavy atom. The molecule has 0 saturated carbocycles. The Morgan fingerprint density at radius 3 is 2.74 bits per heavy atom. The molecule has 1 aliphatic heterocycles. The monoisotopic (exact) mass is 253 g/mol. The molecule has 2 heteroatoms. The quantitative estimate of drug-likeness (QED) is 0.889. The summed E-state index contributed by atoms with van der Waals surface area (Å²) in [6, 6.07) is 17.0. The highest BCUT2D eigenvalue weighted by Gasteiger charge is 2.16. The van der Waals surface area contributed by atoms with Crippen LogP contribution in [0.15, 0.2) is 48.5 Å². The molecule has 0 bridgehead atoms. The van der Waals surface area contributed by atoms with Crippen LogP contribution in [-0.2, 0) is 6.42 Å². The van der Waals surface area contributed by atoms with Crippen molar-refractivity contribution in [2.75, 3.05) is 6.61 Å². The minimum atomic E-state index is 0.105. The third-order valence-electron chi connectivity index (χ3n) is 3.64. The zero-order valence-electron chi connectivity index (χ0n) is 11.0. The molecule has 0 fully saturated rings. The molecule has 1 aliphatic rings. The van der Waals surface area contributed by atoms with Gasteiger partial charge in [0, 0.05) is 11.6 Å². The lowest BCUT2D eigenvalue weighted by Gasteiger charge is -2.13. The fraction of sp³-hybridized carbons (Fsp3) is 0.294. The molecular formula is C17H19NO. The van der Waals surface area contributed by atoms with Crippen molar-refractivity contribution in [2.24, 2.45) is 5.73 Å². The average molecular weight is 253 g/mol. The van der Waals surface area contributed by atoms with Crippen molar-refractivity contribution in [3.8, 4) is 5.75 Å². The summed E-state index contributed by atoms with van der Waals surface area (Å²) in [5.74, 6) is 0.960. The fourth-order valence-corrected chi connectivity index (χ4v) is 2.60. The Kier molecular flexibility index (Phi) is 3.51. The van der Waals surface area contributed by atoms with Crippen LogP contribution >= 0.6 is 0 Å². The molecule has 98 valence electrons.